The number of amides is 1. The minimum absolute atomic E-state index is 0.138. The molecule has 3 heterocycles. The SMILES string of the molecule is CC(C)(C)c1cc(NC(=O)Cc2ccc(-n3cnc4cc(N5C=COC5)ccc43)cc2)on1. The van der Waals surface area contributed by atoms with Gasteiger partial charge in [0.25, 0.3) is 0 Å². The predicted octanol–water partition coefficient (Wildman–Crippen LogP) is 4.76. The van der Waals surface area contributed by atoms with Crippen molar-refractivity contribution in [1.82, 2.24) is 14.7 Å². The lowest BCUT2D eigenvalue weighted by atomic mass is 9.92. The van der Waals surface area contributed by atoms with Gasteiger partial charge in [-0.15, -0.1) is 0 Å². The van der Waals surface area contributed by atoms with Crippen molar-refractivity contribution in [2.75, 3.05) is 16.9 Å². The second-order valence-corrected chi connectivity index (χ2v) is 9.06. The molecule has 1 aliphatic rings. The van der Waals surface area contributed by atoms with Crippen LogP contribution in [0.4, 0.5) is 11.6 Å². The van der Waals surface area contributed by atoms with Gasteiger partial charge in [0.1, 0.15) is 12.6 Å². The maximum atomic E-state index is 12.4. The molecule has 8 nitrogen and oxygen atoms in total. The summed E-state index contributed by atoms with van der Waals surface area (Å²) < 4.78 is 12.5. The third kappa shape index (κ3) is 4.32. The first-order chi connectivity index (χ1) is 15.9. The van der Waals surface area contributed by atoms with Gasteiger partial charge in [0, 0.05) is 29.1 Å². The fourth-order valence-corrected chi connectivity index (χ4v) is 3.66. The maximum Gasteiger partial charge on any atom is 0.231 e. The van der Waals surface area contributed by atoms with E-state index in [0.29, 0.717) is 12.6 Å². The zero-order valence-electron chi connectivity index (χ0n) is 18.8. The Bertz CT molecular complexity index is 1330. The lowest BCUT2D eigenvalue weighted by Gasteiger charge is -2.13. The summed E-state index contributed by atoms with van der Waals surface area (Å²) in [7, 11) is 0. The number of hydrogen-bond donors (Lipinski definition) is 1. The Morgan fingerprint density at radius 3 is 2.58 bits per heavy atom. The number of rotatable bonds is 5. The summed E-state index contributed by atoms with van der Waals surface area (Å²) >= 11 is 0. The fourth-order valence-electron chi connectivity index (χ4n) is 3.66. The molecule has 2 aromatic carbocycles. The standard InChI is InChI=1S/C25H25N5O3/c1-25(2,3)22-14-24(33-28-22)27-23(31)12-17-4-6-18(7-5-17)30-15-26-20-13-19(8-9-21(20)30)29-10-11-32-16-29/h4-11,13-15H,12,16H2,1-3H3,(H,27,31). The number of hydrogen-bond acceptors (Lipinski definition) is 6. The molecule has 0 atom stereocenters. The zero-order chi connectivity index (χ0) is 23.0. The molecule has 33 heavy (non-hydrogen) atoms. The smallest absolute Gasteiger partial charge is 0.231 e. The Morgan fingerprint density at radius 2 is 1.88 bits per heavy atom. The van der Waals surface area contributed by atoms with E-state index in [1.807, 2.05) is 79.2 Å². The van der Waals surface area contributed by atoms with Crippen LogP contribution < -0.4 is 10.2 Å². The van der Waals surface area contributed by atoms with Crippen LogP contribution in [0.5, 0.6) is 0 Å². The van der Waals surface area contributed by atoms with Crippen molar-refractivity contribution in [2.24, 2.45) is 0 Å². The van der Waals surface area contributed by atoms with E-state index in [4.69, 9.17) is 9.26 Å². The van der Waals surface area contributed by atoms with Crippen LogP contribution in [0.1, 0.15) is 32.0 Å². The third-order valence-electron chi connectivity index (χ3n) is 5.53. The molecule has 1 N–H and O–H groups in total. The lowest BCUT2D eigenvalue weighted by Crippen LogP contribution is -2.14. The minimum atomic E-state index is -0.153. The number of fused-ring (bicyclic) bond motifs is 1. The van der Waals surface area contributed by atoms with Crippen LogP contribution in [0.2, 0.25) is 0 Å². The van der Waals surface area contributed by atoms with Gasteiger partial charge in [-0.05, 0) is 35.9 Å². The highest BCUT2D eigenvalue weighted by Gasteiger charge is 2.20. The van der Waals surface area contributed by atoms with Gasteiger partial charge in [-0.25, -0.2) is 4.98 Å². The first-order valence-electron chi connectivity index (χ1n) is 10.8. The Balaban J connectivity index is 1.27. The van der Waals surface area contributed by atoms with E-state index in [9.17, 15) is 4.79 Å². The molecule has 0 unspecified atom stereocenters. The van der Waals surface area contributed by atoms with E-state index in [2.05, 4.69) is 21.5 Å². The highest BCUT2D eigenvalue weighted by Crippen LogP contribution is 2.26. The van der Waals surface area contributed by atoms with Crippen LogP contribution in [0, 0.1) is 0 Å². The van der Waals surface area contributed by atoms with Crippen molar-refractivity contribution >= 4 is 28.5 Å². The van der Waals surface area contributed by atoms with Gasteiger partial charge in [0.05, 0.1) is 23.1 Å². The van der Waals surface area contributed by atoms with E-state index in [-0.39, 0.29) is 17.7 Å². The van der Waals surface area contributed by atoms with E-state index in [1.54, 1.807) is 12.3 Å². The maximum absolute atomic E-state index is 12.4. The molecule has 168 valence electrons. The molecule has 5 rings (SSSR count). The van der Waals surface area contributed by atoms with Gasteiger partial charge in [0.2, 0.25) is 11.8 Å². The summed E-state index contributed by atoms with van der Waals surface area (Å²) in [4.78, 5) is 19.0. The number of imidazole rings is 1. The highest BCUT2D eigenvalue weighted by atomic mass is 16.5. The highest BCUT2D eigenvalue weighted by molar-refractivity contribution is 5.91. The summed E-state index contributed by atoms with van der Waals surface area (Å²) in [6, 6.07) is 15.8. The molecule has 0 fully saturated rings. The number of carbonyl (C=O) groups excluding carboxylic acids is 1. The lowest BCUT2D eigenvalue weighted by molar-refractivity contribution is -0.115. The second-order valence-electron chi connectivity index (χ2n) is 9.06. The molecule has 0 saturated heterocycles. The van der Waals surface area contributed by atoms with Gasteiger partial charge >= 0.3 is 0 Å². The quantitative estimate of drug-likeness (QED) is 0.479. The van der Waals surface area contributed by atoms with Crippen LogP contribution in [-0.2, 0) is 21.4 Å². The number of anilines is 2. The van der Waals surface area contributed by atoms with Gasteiger partial charge in [0.15, 0.2) is 6.73 Å². The van der Waals surface area contributed by atoms with E-state index in [0.717, 1.165) is 33.7 Å². The van der Waals surface area contributed by atoms with Crippen molar-refractivity contribution in [1.29, 1.82) is 0 Å². The number of nitrogens with zero attached hydrogens (tertiary/aromatic N) is 4. The Kier molecular flexibility index (Phi) is 5.12. The molecule has 0 aliphatic carbocycles. The topological polar surface area (TPSA) is 85.4 Å². The minimum Gasteiger partial charge on any atom is -0.479 e. The van der Waals surface area contributed by atoms with E-state index < -0.39 is 0 Å². The van der Waals surface area contributed by atoms with Gasteiger partial charge < -0.3 is 14.2 Å². The number of aromatic nitrogens is 3. The number of benzene rings is 2. The van der Waals surface area contributed by atoms with Crippen LogP contribution >= 0.6 is 0 Å². The van der Waals surface area contributed by atoms with Crippen LogP contribution in [-0.4, -0.2) is 27.3 Å². The molecular formula is C25H25N5O3. The largest absolute Gasteiger partial charge is 0.479 e. The van der Waals surface area contributed by atoms with Crippen molar-refractivity contribution in [3.05, 3.63) is 78.6 Å². The molecule has 0 bridgehead atoms. The molecule has 2 aromatic heterocycles. The van der Waals surface area contributed by atoms with Gasteiger partial charge in [-0.1, -0.05) is 38.1 Å². The molecule has 1 amide bonds. The van der Waals surface area contributed by atoms with Crippen LogP contribution in [0.15, 0.2) is 71.8 Å². The normalized spacial score (nSPS) is 13.5. The van der Waals surface area contributed by atoms with Gasteiger partial charge in [-0.2, -0.15) is 0 Å². The number of nitrogens with one attached hydrogen (secondary N) is 1. The summed E-state index contributed by atoms with van der Waals surface area (Å²) in [5.41, 5.74) is 5.48. The molecule has 4 aromatic rings. The van der Waals surface area contributed by atoms with Crippen molar-refractivity contribution in [2.45, 2.75) is 32.6 Å². The zero-order valence-corrected chi connectivity index (χ0v) is 18.8. The molecule has 1 aliphatic heterocycles. The van der Waals surface area contributed by atoms with Crippen molar-refractivity contribution in [3.63, 3.8) is 0 Å². The predicted molar refractivity (Wildman–Crippen MR) is 126 cm³/mol. The van der Waals surface area contributed by atoms with Crippen molar-refractivity contribution < 1.29 is 14.1 Å². The van der Waals surface area contributed by atoms with Gasteiger partial charge in [-0.3, -0.25) is 14.7 Å². The molecule has 0 radical (unpaired) electrons. The fraction of sp³-hybridized carbons (Fsp3) is 0.240. The van der Waals surface area contributed by atoms with E-state index >= 15 is 0 Å². The van der Waals surface area contributed by atoms with Crippen molar-refractivity contribution in [3.8, 4) is 5.69 Å². The number of ether oxygens (including phenoxy) is 1. The summed E-state index contributed by atoms with van der Waals surface area (Å²) in [5, 5.41) is 6.81. The van der Waals surface area contributed by atoms with E-state index in [1.165, 1.54) is 0 Å². The first-order valence-corrected chi connectivity index (χ1v) is 10.8. The van der Waals surface area contributed by atoms with Crippen LogP contribution in [0.3, 0.4) is 0 Å². The molecular weight excluding hydrogens is 418 g/mol. The molecule has 0 spiro atoms. The second kappa shape index (κ2) is 8.12. The molecule has 8 heteroatoms. The summed E-state index contributed by atoms with van der Waals surface area (Å²) in [6.07, 6.45) is 5.63. The Morgan fingerprint density at radius 1 is 1.09 bits per heavy atom. The average Bonchev–Trinajstić information content (AvgIpc) is 3.54. The number of carbonyl (C=O) groups is 1. The first kappa shape index (κ1) is 20.8. The Labute approximate surface area is 191 Å². The third-order valence-corrected chi connectivity index (χ3v) is 5.53. The molecule has 0 saturated carbocycles. The van der Waals surface area contributed by atoms with Crippen LogP contribution in [0.25, 0.3) is 16.7 Å². The average molecular weight is 444 g/mol. The monoisotopic (exact) mass is 443 g/mol. The Hall–Kier alpha value is -4.07. The summed E-state index contributed by atoms with van der Waals surface area (Å²) in [6.45, 7) is 6.64. The summed E-state index contributed by atoms with van der Waals surface area (Å²) in [5.74, 6) is 0.210.